The van der Waals surface area contributed by atoms with E-state index in [0.717, 1.165) is 43.7 Å². The molecular weight excluding hydrogens is 328 g/mol. The summed E-state index contributed by atoms with van der Waals surface area (Å²) in [4.78, 5) is 26.3. The molecule has 5 nitrogen and oxygen atoms in total. The van der Waals surface area contributed by atoms with Gasteiger partial charge < -0.3 is 15.0 Å². The Kier molecular flexibility index (Phi) is 5.02. The van der Waals surface area contributed by atoms with Crippen LogP contribution in [0.15, 0.2) is 0 Å². The highest BCUT2D eigenvalue weighted by molar-refractivity contribution is 5.81. The van der Waals surface area contributed by atoms with Crippen LogP contribution in [-0.4, -0.2) is 43.2 Å². The van der Waals surface area contributed by atoms with Crippen LogP contribution in [0.2, 0.25) is 0 Å². The van der Waals surface area contributed by atoms with Crippen LogP contribution in [0.1, 0.15) is 65.2 Å². The van der Waals surface area contributed by atoms with Gasteiger partial charge in [0.2, 0.25) is 0 Å². The summed E-state index contributed by atoms with van der Waals surface area (Å²) in [6.07, 6.45) is 9.49. The molecule has 5 rings (SSSR count). The molecule has 2 N–H and O–H groups in total. The molecule has 26 heavy (non-hydrogen) atoms. The van der Waals surface area contributed by atoms with E-state index in [4.69, 9.17) is 4.74 Å². The molecule has 1 amide bonds. The van der Waals surface area contributed by atoms with E-state index in [1.54, 1.807) is 0 Å². The molecule has 5 aliphatic rings. The smallest absolute Gasteiger partial charge is 0.309 e. The molecule has 146 valence electrons. The quantitative estimate of drug-likeness (QED) is 0.724. The molecule has 1 heterocycles. The maximum absolute atomic E-state index is 13.0. The number of amides is 1. The van der Waals surface area contributed by atoms with E-state index in [-0.39, 0.29) is 29.4 Å². The van der Waals surface area contributed by atoms with Gasteiger partial charge in [0.1, 0.15) is 0 Å². The van der Waals surface area contributed by atoms with Crippen molar-refractivity contribution >= 4 is 11.9 Å². The van der Waals surface area contributed by atoms with E-state index in [0.29, 0.717) is 6.61 Å². The van der Waals surface area contributed by atoms with E-state index < -0.39 is 0 Å². The van der Waals surface area contributed by atoms with Crippen molar-refractivity contribution in [1.29, 1.82) is 0 Å². The van der Waals surface area contributed by atoms with E-state index in [2.05, 4.69) is 12.2 Å². The molecule has 4 saturated carbocycles. The van der Waals surface area contributed by atoms with Crippen molar-refractivity contribution in [2.45, 2.75) is 76.8 Å². The number of carbonyl (C=O) groups is 2. The Morgan fingerprint density at radius 3 is 2.12 bits per heavy atom. The fraction of sp³-hybridized carbons (Fsp3) is 0.905. The molecule has 0 radical (unpaired) electrons. The summed E-state index contributed by atoms with van der Waals surface area (Å²) >= 11 is 0. The zero-order chi connectivity index (χ0) is 18.3. The summed E-state index contributed by atoms with van der Waals surface area (Å²) in [5.74, 6) is 2.75. The minimum absolute atomic E-state index is 0.0221. The van der Waals surface area contributed by atoms with Crippen molar-refractivity contribution < 1.29 is 19.2 Å². The Morgan fingerprint density at radius 2 is 1.62 bits per heavy atom. The van der Waals surface area contributed by atoms with Crippen molar-refractivity contribution in [3.05, 3.63) is 0 Å². The number of hydrogen-bond donors (Lipinski definition) is 2. The van der Waals surface area contributed by atoms with E-state index in [9.17, 15) is 9.59 Å². The van der Waals surface area contributed by atoms with Gasteiger partial charge in [0.15, 0.2) is 6.04 Å². The number of piperidine rings is 1. The molecule has 0 unspecified atom stereocenters. The highest BCUT2D eigenvalue weighted by Crippen LogP contribution is 2.55. The number of hydrogen-bond acceptors (Lipinski definition) is 3. The van der Waals surface area contributed by atoms with Gasteiger partial charge in [-0.2, -0.15) is 0 Å². The maximum atomic E-state index is 13.0. The number of carbonyl (C=O) groups excluding carboxylic acids is 2. The summed E-state index contributed by atoms with van der Waals surface area (Å²) in [5, 5.41) is 3.52. The van der Waals surface area contributed by atoms with E-state index >= 15 is 0 Å². The molecule has 1 atom stereocenters. The molecule has 4 aliphatic carbocycles. The third-order valence-electron chi connectivity index (χ3n) is 7.68. The molecule has 1 aliphatic heterocycles. The second-order valence-corrected chi connectivity index (χ2v) is 9.59. The lowest BCUT2D eigenvalue weighted by Crippen LogP contribution is -3.17. The largest absolute Gasteiger partial charge is 0.466 e. The zero-order valence-corrected chi connectivity index (χ0v) is 16.4. The van der Waals surface area contributed by atoms with Crippen LogP contribution in [0, 0.1) is 23.7 Å². The van der Waals surface area contributed by atoms with Crippen LogP contribution < -0.4 is 10.2 Å². The number of quaternary nitrogens is 1. The van der Waals surface area contributed by atoms with Gasteiger partial charge in [-0.15, -0.1) is 0 Å². The fourth-order valence-corrected chi connectivity index (χ4v) is 6.74. The fourth-order valence-electron chi connectivity index (χ4n) is 6.74. The van der Waals surface area contributed by atoms with Gasteiger partial charge in [0.05, 0.1) is 25.6 Å². The van der Waals surface area contributed by atoms with Crippen LogP contribution >= 0.6 is 0 Å². The SMILES string of the molecule is CCOC(=O)C1CC[NH+]([C@@H](C)C(=O)NC23CC4CC(CC(C4)C2)C3)CC1. The van der Waals surface area contributed by atoms with Crippen LogP contribution in [-0.2, 0) is 14.3 Å². The Morgan fingerprint density at radius 1 is 1.08 bits per heavy atom. The Bertz CT molecular complexity index is 518. The highest BCUT2D eigenvalue weighted by atomic mass is 16.5. The van der Waals surface area contributed by atoms with Gasteiger partial charge in [0.25, 0.3) is 5.91 Å². The summed E-state index contributed by atoms with van der Waals surface area (Å²) in [7, 11) is 0. The molecule has 4 bridgehead atoms. The monoisotopic (exact) mass is 363 g/mol. The van der Waals surface area contributed by atoms with Crippen molar-refractivity contribution in [2.75, 3.05) is 19.7 Å². The van der Waals surface area contributed by atoms with Gasteiger partial charge in [-0.25, -0.2) is 0 Å². The van der Waals surface area contributed by atoms with E-state index in [1.807, 2.05) is 6.92 Å². The lowest BCUT2D eigenvalue weighted by atomic mass is 9.53. The van der Waals surface area contributed by atoms with Crippen molar-refractivity contribution in [3.63, 3.8) is 0 Å². The lowest BCUT2D eigenvalue weighted by molar-refractivity contribution is -0.919. The average Bonchev–Trinajstić information content (AvgIpc) is 2.60. The van der Waals surface area contributed by atoms with Gasteiger partial charge in [-0.05, 0) is 70.1 Å². The van der Waals surface area contributed by atoms with Gasteiger partial charge in [-0.3, -0.25) is 9.59 Å². The second-order valence-electron chi connectivity index (χ2n) is 9.59. The van der Waals surface area contributed by atoms with Gasteiger partial charge in [-0.1, -0.05) is 0 Å². The first-order valence-electron chi connectivity index (χ1n) is 10.8. The summed E-state index contributed by atoms with van der Waals surface area (Å²) in [5.41, 5.74) is 0.1000. The highest BCUT2D eigenvalue weighted by Gasteiger charge is 2.52. The third kappa shape index (κ3) is 3.51. The number of esters is 1. The lowest BCUT2D eigenvalue weighted by Gasteiger charge is -2.57. The van der Waals surface area contributed by atoms with Crippen LogP contribution in [0.25, 0.3) is 0 Å². The minimum Gasteiger partial charge on any atom is -0.466 e. The Hall–Kier alpha value is -1.10. The number of likely N-dealkylation sites (tertiary alicyclic amines) is 1. The van der Waals surface area contributed by atoms with Crippen LogP contribution in [0.5, 0.6) is 0 Å². The van der Waals surface area contributed by atoms with Crippen molar-refractivity contribution in [2.24, 2.45) is 23.7 Å². The van der Waals surface area contributed by atoms with Crippen LogP contribution in [0.3, 0.4) is 0 Å². The first-order chi connectivity index (χ1) is 12.5. The molecule has 5 heteroatoms. The summed E-state index contributed by atoms with van der Waals surface area (Å²) in [6.45, 7) is 6.15. The van der Waals surface area contributed by atoms with E-state index in [1.165, 1.54) is 43.4 Å². The van der Waals surface area contributed by atoms with Crippen LogP contribution in [0.4, 0.5) is 0 Å². The molecular formula is C21H35N2O3+. The molecule has 5 fully saturated rings. The predicted molar refractivity (Wildman–Crippen MR) is 98.6 cm³/mol. The zero-order valence-electron chi connectivity index (χ0n) is 16.4. The first kappa shape index (κ1) is 18.3. The average molecular weight is 364 g/mol. The number of rotatable bonds is 5. The topological polar surface area (TPSA) is 59.8 Å². The standard InChI is InChI=1S/C21H34N2O3/c1-3-26-20(25)18-4-6-23(7-5-18)14(2)19(24)22-21-11-15-8-16(12-21)10-17(9-15)13-21/h14-18H,3-13H2,1-2H3,(H,22,24)/p+1/t14-,15?,16?,17?,21?/m0/s1. The second kappa shape index (κ2) is 7.14. The maximum Gasteiger partial charge on any atom is 0.309 e. The minimum atomic E-state index is -0.0581. The first-order valence-corrected chi connectivity index (χ1v) is 10.8. The van der Waals surface area contributed by atoms with Crippen molar-refractivity contribution in [3.8, 4) is 0 Å². The molecule has 0 aromatic carbocycles. The normalized spacial score (nSPS) is 42.3. The molecule has 0 aromatic rings. The third-order valence-corrected chi connectivity index (χ3v) is 7.68. The Labute approximate surface area is 157 Å². The number of ether oxygens (including phenoxy) is 1. The van der Waals surface area contributed by atoms with Gasteiger partial charge >= 0.3 is 5.97 Å². The molecule has 0 aromatic heterocycles. The predicted octanol–water partition coefficient (Wildman–Crippen LogP) is 1.32. The molecule has 0 spiro atoms. The van der Waals surface area contributed by atoms with Gasteiger partial charge in [0, 0.05) is 18.4 Å². The Balaban J connectivity index is 1.31. The molecule has 1 saturated heterocycles. The summed E-state index contributed by atoms with van der Waals surface area (Å²) in [6, 6.07) is -0.0221. The summed E-state index contributed by atoms with van der Waals surface area (Å²) < 4.78 is 5.16. The van der Waals surface area contributed by atoms with Crippen molar-refractivity contribution in [1.82, 2.24) is 5.32 Å². The number of nitrogens with one attached hydrogen (secondary N) is 2.